The minimum absolute atomic E-state index is 0.0384. The Morgan fingerprint density at radius 3 is 2.85 bits per heavy atom. The molecule has 1 N–H and O–H groups in total. The van der Waals surface area contributed by atoms with Crippen molar-refractivity contribution < 1.29 is 4.79 Å². The van der Waals surface area contributed by atoms with Crippen LogP contribution in [-0.2, 0) is 4.79 Å². The van der Waals surface area contributed by atoms with Crippen LogP contribution in [0.1, 0.15) is 44.8 Å². The second-order valence-corrected chi connectivity index (χ2v) is 6.97. The summed E-state index contributed by atoms with van der Waals surface area (Å²) in [5, 5.41) is 4.05. The van der Waals surface area contributed by atoms with Crippen LogP contribution < -0.4 is 5.32 Å². The van der Waals surface area contributed by atoms with E-state index in [1.807, 2.05) is 24.3 Å². The summed E-state index contributed by atoms with van der Waals surface area (Å²) in [5.41, 5.74) is 1.27. The van der Waals surface area contributed by atoms with E-state index in [0.29, 0.717) is 17.6 Å². The highest BCUT2D eigenvalue weighted by atomic mass is 35.5. The third-order valence-electron chi connectivity index (χ3n) is 4.71. The zero-order chi connectivity index (χ0) is 14.3. The van der Waals surface area contributed by atoms with Crippen molar-refractivity contribution in [1.82, 2.24) is 10.2 Å². The first-order valence-corrected chi connectivity index (χ1v) is 7.67. The Morgan fingerprint density at radius 2 is 2.20 bits per heavy atom. The largest absolute Gasteiger partial charge is 0.318 e. The lowest BCUT2D eigenvalue weighted by atomic mass is 9.86. The average molecular weight is 293 g/mol. The minimum Gasteiger partial charge on any atom is -0.318 e. The van der Waals surface area contributed by atoms with Crippen molar-refractivity contribution in [1.29, 1.82) is 0 Å². The molecule has 0 aromatic heterocycles. The Bertz CT molecular complexity index is 529. The number of nitrogens with zero attached hydrogens (tertiary/aromatic N) is 1. The Kier molecular flexibility index (Phi) is 3.51. The summed E-state index contributed by atoms with van der Waals surface area (Å²) in [6.07, 6.45) is 3.44. The van der Waals surface area contributed by atoms with E-state index in [9.17, 15) is 4.79 Å². The molecule has 1 aliphatic carbocycles. The van der Waals surface area contributed by atoms with Gasteiger partial charge in [-0.25, -0.2) is 0 Å². The van der Waals surface area contributed by atoms with Crippen molar-refractivity contribution in [2.75, 3.05) is 6.54 Å². The molecule has 0 spiro atoms. The minimum atomic E-state index is -0.0384. The molecule has 0 radical (unpaired) electrons. The zero-order valence-electron chi connectivity index (χ0n) is 12.0. The van der Waals surface area contributed by atoms with Gasteiger partial charge in [0, 0.05) is 11.1 Å². The van der Waals surface area contributed by atoms with Crippen LogP contribution in [0.2, 0.25) is 5.02 Å². The first-order valence-electron chi connectivity index (χ1n) is 7.29. The monoisotopic (exact) mass is 292 g/mol. The summed E-state index contributed by atoms with van der Waals surface area (Å²) in [7, 11) is 0. The smallest absolute Gasteiger partial charge is 0.238 e. The van der Waals surface area contributed by atoms with E-state index in [0.717, 1.165) is 12.0 Å². The average Bonchev–Trinajstić information content (AvgIpc) is 2.91. The predicted molar refractivity (Wildman–Crippen MR) is 80.5 cm³/mol. The van der Waals surface area contributed by atoms with E-state index in [2.05, 4.69) is 24.1 Å². The summed E-state index contributed by atoms with van der Waals surface area (Å²) >= 11 is 6.09. The Morgan fingerprint density at radius 1 is 1.40 bits per heavy atom. The normalized spacial score (nSPS) is 29.1. The van der Waals surface area contributed by atoms with Gasteiger partial charge in [0.1, 0.15) is 6.17 Å². The number of carbonyl (C=O) groups excluding carboxylic acids is 1. The van der Waals surface area contributed by atoms with Gasteiger partial charge < -0.3 is 4.90 Å². The molecule has 1 aromatic carbocycles. The molecule has 1 amide bonds. The van der Waals surface area contributed by atoms with Crippen LogP contribution in [0.25, 0.3) is 0 Å². The van der Waals surface area contributed by atoms with Gasteiger partial charge in [0.05, 0.1) is 6.54 Å². The number of carbonyl (C=O) groups is 1. The molecule has 3 rings (SSSR count). The van der Waals surface area contributed by atoms with Crippen LogP contribution in [0.4, 0.5) is 0 Å². The van der Waals surface area contributed by atoms with Gasteiger partial charge in [-0.3, -0.25) is 10.1 Å². The molecular formula is C16H21ClN2O. The van der Waals surface area contributed by atoms with Gasteiger partial charge in [-0.1, -0.05) is 44.0 Å². The highest BCUT2D eigenvalue weighted by Crippen LogP contribution is 2.44. The first kappa shape index (κ1) is 13.9. The van der Waals surface area contributed by atoms with Gasteiger partial charge in [-0.05, 0) is 36.0 Å². The van der Waals surface area contributed by atoms with E-state index in [4.69, 9.17) is 11.6 Å². The number of benzene rings is 1. The van der Waals surface area contributed by atoms with Crippen molar-refractivity contribution in [2.45, 2.75) is 45.3 Å². The van der Waals surface area contributed by atoms with E-state index >= 15 is 0 Å². The lowest BCUT2D eigenvalue weighted by molar-refractivity contribution is -0.132. The van der Waals surface area contributed by atoms with Gasteiger partial charge in [0.25, 0.3) is 0 Å². The van der Waals surface area contributed by atoms with Gasteiger partial charge in [0.15, 0.2) is 0 Å². The molecule has 1 heterocycles. The number of amides is 1. The second kappa shape index (κ2) is 5.05. The van der Waals surface area contributed by atoms with E-state index in [-0.39, 0.29) is 17.5 Å². The summed E-state index contributed by atoms with van der Waals surface area (Å²) in [5.74, 6) is 0.204. The molecule has 1 saturated heterocycles. The maximum Gasteiger partial charge on any atom is 0.238 e. The van der Waals surface area contributed by atoms with Gasteiger partial charge in [0.2, 0.25) is 5.91 Å². The van der Waals surface area contributed by atoms with E-state index < -0.39 is 0 Å². The number of halogens is 1. The quantitative estimate of drug-likeness (QED) is 0.906. The first-order chi connectivity index (χ1) is 9.49. The molecular weight excluding hydrogens is 272 g/mol. The summed E-state index contributed by atoms with van der Waals surface area (Å²) < 4.78 is 0. The van der Waals surface area contributed by atoms with E-state index in [1.165, 1.54) is 12.8 Å². The highest BCUT2D eigenvalue weighted by molar-refractivity contribution is 6.30. The van der Waals surface area contributed by atoms with Gasteiger partial charge in [-0.2, -0.15) is 0 Å². The molecule has 2 unspecified atom stereocenters. The SMILES string of the molecule is CC1(C)CCCC1N1C(=O)CNC1c1cccc(Cl)c1. The maximum atomic E-state index is 12.3. The van der Waals surface area contributed by atoms with Crippen molar-refractivity contribution in [3.05, 3.63) is 34.9 Å². The molecule has 20 heavy (non-hydrogen) atoms. The summed E-state index contributed by atoms with van der Waals surface area (Å²) in [4.78, 5) is 14.4. The fraction of sp³-hybridized carbons (Fsp3) is 0.562. The molecule has 1 aromatic rings. The molecule has 2 aliphatic rings. The van der Waals surface area contributed by atoms with Crippen LogP contribution >= 0.6 is 11.6 Å². The van der Waals surface area contributed by atoms with Crippen LogP contribution in [0.3, 0.4) is 0 Å². The van der Waals surface area contributed by atoms with Crippen molar-refractivity contribution in [3.8, 4) is 0 Å². The number of nitrogens with one attached hydrogen (secondary N) is 1. The van der Waals surface area contributed by atoms with Gasteiger partial charge >= 0.3 is 0 Å². The third-order valence-corrected chi connectivity index (χ3v) is 4.95. The van der Waals surface area contributed by atoms with Gasteiger partial charge in [-0.15, -0.1) is 0 Å². The maximum absolute atomic E-state index is 12.3. The van der Waals surface area contributed by atoms with Crippen LogP contribution in [0.15, 0.2) is 24.3 Å². The Hall–Kier alpha value is -1.06. The fourth-order valence-electron chi connectivity index (χ4n) is 3.65. The summed E-state index contributed by atoms with van der Waals surface area (Å²) in [6.45, 7) is 4.96. The number of rotatable bonds is 2. The highest BCUT2D eigenvalue weighted by Gasteiger charge is 2.45. The molecule has 2 atom stereocenters. The molecule has 4 heteroatoms. The van der Waals surface area contributed by atoms with Crippen molar-refractivity contribution >= 4 is 17.5 Å². The van der Waals surface area contributed by atoms with Crippen LogP contribution in [0.5, 0.6) is 0 Å². The topological polar surface area (TPSA) is 32.3 Å². The van der Waals surface area contributed by atoms with Crippen LogP contribution in [-0.4, -0.2) is 23.4 Å². The molecule has 3 nitrogen and oxygen atoms in total. The lowest BCUT2D eigenvalue weighted by Gasteiger charge is -2.38. The van der Waals surface area contributed by atoms with Crippen LogP contribution in [0, 0.1) is 5.41 Å². The predicted octanol–water partition coefficient (Wildman–Crippen LogP) is 3.35. The molecule has 2 fully saturated rings. The number of hydrogen-bond donors (Lipinski definition) is 1. The molecule has 0 bridgehead atoms. The third kappa shape index (κ3) is 2.33. The Balaban J connectivity index is 1.93. The molecule has 1 aliphatic heterocycles. The Labute approximate surface area is 125 Å². The number of hydrogen-bond acceptors (Lipinski definition) is 2. The second-order valence-electron chi connectivity index (χ2n) is 6.54. The van der Waals surface area contributed by atoms with Crippen molar-refractivity contribution in [2.24, 2.45) is 5.41 Å². The zero-order valence-corrected chi connectivity index (χ0v) is 12.8. The molecule has 1 saturated carbocycles. The lowest BCUT2D eigenvalue weighted by Crippen LogP contribution is -2.45. The van der Waals surface area contributed by atoms with E-state index in [1.54, 1.807) is 0 Å². The summed E-state index contributed by atoms with van der Waals surface area (Å²) in [6, 6.07) is 8.12. The standard InChI is InChI=1S/C16H21ClN2O/c1-16(2)8-4-7-13(16)19-14(20)10-18-15(19)11-5-3-6-12(17)9-11/h3,5-6,9,13,15,18H,4,7-8,10H2,1-2H3. The fourth-order valence-corrected chi connectivity index (χ4v) is 3.85. The van der Waals surface area contributed by atoms with Crippen molar-refractivity contribution in [3.63, 3.8) is 0 Å². The molecule has 108 valence electrons.